The fourth-order valence-corrected chi connectivity index (χ4v) is 1.54. The fourth-order valence-electron chi connectivity index (χ4n) is 1.39. The summed E-state index contributed by atoms with van der Waals surface area (Å²) in [6.45, 7) is 0. The largest absolute Gasteiger partial charge is 0.419 e. The molecule has 0 saturated carbocycles. The molecule has 0 radical (unpaired) electrons. The first-order valence-electron chi connectivity index (χ1n) is 4.72. The smallest absolute Gasteiger partial charge is 0.236 e. The first-order valence-corrected chi connectivity index (χ1v) is 5.10. The van der Waals surface area contributed by atoms with Gasteiger partial charge in [-0.1, -0.05) is 11.6 Å². The van der Waals surface area contributed by atoms with Gasteiger partial charge in [-0.2, -0.15) is 13.2 Å². The molecule has 0 atom stereocenters. The summed E-state index contributed by atoms with van der Waals surface area (Å²) in [6, 6.07) is 3.93. The van der Waals surface area contributed by atoms with E-state index in [-0.39, 0.29) is 16.4 Å². The molecule has 94 valence electrons. The van der Waals surface area contributed by atoms with Crippen molar-refractivity contribution in [3.05, 3.63) is 47.1 Å². The van der Waals surface area contributed by atoms with Crippen LogP contribution in [-0.4, -0.2) is 9.97 Å². The zero-order chi connectivity index (χ0) is 13.3. The van der Waals surface area contributed by atoms with E-state index >= 15 is 0 Å². The standard InChI is InChI=1S/C11H5ClF4N2/c12-10-4-9(17-5-18-10)6-1-2-8(13)7(3-6)11(14,15)16/h1-5H. The highest BCUT2D eigenvalue weighted by atomic mass is 35.5. The minimum absolute atomic E-state index is 0.0953. The molecule has 1 heterocycles. The Balaban J connectivity index is 2.54. The maximum atomic E-state index is 13.1. The van der Waals surface area contributed by atoms with Crippen LogP contribution < -0.4 is 0 Å². The molecule has 0 amide bonds. The molecule has 1 aromatic carbocycles. The van der Waals surface area contributed by atoms with Crippen molar-refractivity contribution in [2.45, 2.75) is 6.18 Å². The van der Waals surface area contributed by atoms with Gasteiger partial charge in [0, 0.05) is 11.6 Å². The Kier molecular flexibility index (Phi) is 3.21. The Morgan fingerprint density at radius 1 is 1.06 bits per heavy atom. The highest BCUT2D eigenvalue weighted by Gasteiger charge is 2.34. The summed E-state index contributed by atoms with van der Waals surface area (Å²) in [4.78, 5) is 7.39. The molecule has 0 unspecified atom stereocenters. The van der Waals surface area contributed by atoms with E-state index in [0.29, 0.717) is 6.07 Å². The number of nitrogens with zero attached hydrogens (tertiary/aromatic N) is 2. The van der Waals surface area contributed by atoms with Gasteiger partial charge in [-0.3, -0.25) is 0 Å². The molecule has 1 aromatic heterocycles. The van der Waals surface area contributed by atoms with Crippen LogP contribution in [0, 0.1) is 5.82 Å². The van der Waals surface area contributed by atoms with Crippen LogP contribution in [0.25, 0.3) is 11.3 Å². The third kappa shape index (κ3) is 2.59. The summed E-state index contributed by atoms with van der Waals surface area (Å²) >= 11 is 5.61. The van der Waals surface area contributed by atoms with Gasteiger partial charge in [0.1, 0.15) is 17.3 Å². The van der Waals surface area contributed by atoms with E-state index in [2.05, 4.69) is 9.97 Å². The quantitative estimate of drug-likeness (QED) is 0.582. The lowest BCUT2D eigenvalue weighted by atomic mass is 10.1. The van der Waals surface area contributed by atoms with Crippen molar-refractivity contribution in [1.82, 2.24) is 9.97 Å². The van der Waals surface area contributed by atoms with Gasteiger partial charge in [0.15, 0.2) is 0 Å². The first-order chi connectivity index (χ1) is 8.38. The van der Waals surface area contributed by atoms with Crippen molar-refractivity contribution in [2.24, 2.45) is 0 Å². The van der Waals surface area contributed by atoms with Crippen molar-refractivity contribution in [2.75, 3.05) is 0 Å². The maximum Gasteiger partial charge on any atom is 0.419 e. The molecule has 0 aliphatic carbocycles. The predicted molar refractivity (Wildman–Crippen MR) is 57.4 cm³/mol. The van der Waals surface area contributed by atoms with Gasteiger partial charge in [-0.15, -0.1) is 0 Å². The Morgan fingerprint density at radius 2 is 1.78 bits per heavy atom. The molecule has 2 aromatic rings. The molecule has 7 heteroatoms. The lowest BCUT2D eigenvalue weighted by Crippen LogP contribution is -2.08. The van der Waals surface area contributed by atoms with Gasteiger partial charge in [0.2, 0.25) is 0 Å². The van der Waals surface area contributed by atoms with E-state index in [1.54, 1.807) is 0 Å². The van der Waals surface area contributed by atoms with Crippen LogP contribution in [0.15, 0.2) is 30.6 Å². The third-order valence-electron chi connectivity index (χ3n) is 2.20. The maximum absolute atomic E-state index is 13.1. The average Bonchev–Trinajstić information content (AvgIpc) is 2.28. The van der Waals surface area contributed by atoms with E-state index in [1.165, 1.54) is 12.1 Å². The van der Waals surface area contributed by atoms with Crippen LogP contribution in [-0.2, 0) is 6.18 Å². The lowest BCUT2D eigenvalue weighted by molar-refractivity contribution is -0.139. The highest BCUT2D eigenvalue weighted by molar-refractivity contribution is 6.29. The zero-order valence-electron chi connectivity index (χ0n) is 8.67. The monoisotopic (exact) mass is 276 g/mol. The van der Waals surface area contributed by atoms with Gasteiger partial charge >= 0.3 is 6.18 Å². The Labute approximate surface area is 104 Å². The van der Waals surface area contributed by atoms with Gasteiger partial charge in [0.25, 0.3) is 0 Å². The Morgan fingerprint density at radius 3 is 2.39 bits per heavy atom. The van der Waals surface area contributed by atoms with Gasteiger partial charge in [-0.05, 0) is 18.2 Å². The summed E-state index contributed by atoms with van der Waals surface area (Å²) < 4.78 is 50.7. The molecular weight excluding hydrogens is 272 g/mol. The van der Waals surface area contributed by atoms with Crippen LogP contribution in [0.3, 0.4) is 0 Å². The molecule has 0 N–H and O–H groups in total. The minimum atomic E-state index is -4.75. The van der Waals surface area contributed by atoms with Gasteiger partial charge < -0.3 is 0 Å². The van der Waals surface area contributed by atoms with Crippen molar-refractivity contribution < 1.29 is 17.6 Å². The zero-order valence-corrected chi connectivity index (χ0v) is 9.43. The Bertz CT molecular complexity index is 583. The van der Waals surface area contributed by atoms with Crippen LogP contribution in [0.2, 0.25) is 5.15 Å². The van der Waals surface area contributed by atoms with Crippen molar-refractivity contribution in [1.29, 1.82) is 0 Å². The van der Waals surface area contributed by atoms with Crippen LogP contribution in [0.5, 0.6) is 0 Å². The third-order valence-corrected chi connectivity index (χ3v) is 2.41. The molecule has 0 aliphatic rings. The molecule has 2 nitrogen and oxygen atoms in total. The van der Waals surface area contributed by atoms with Crippen LogP contribution >= 0.6 is 11.6 Å². The molecule has 0 aliphatic heterocycles. The van der Waals surface area contributed by atoms with Crippen molar-refractivity contribution in [3.8, 4) is 11.3 Å². The normalized spacial score (nSPS) is 11.6. The van der Waals surface area contributed by atoms with E-state index < -0.39 is 17.6 Å². The summed E-state index contributed by atoms with van der Waals surface area (Å²) in [5.74, 6) is -1.33. The molecule has 0 bridgehead atoms. The lowest BCUT2D eigenvalue weighted by Gasteiger charge is -2.09. The molecular formula is C11H5ClF4N2. The predicted octanol–water partition coefficient (Wildman–Crippen LogP) is 3.95. The van der Waals surface area contributed by atoms with E-state index in [9.17, 15) is 17.6 Å². The van der Waals surface area contributed by atoms with E-state index in [1.807, 2.05) is 0 Å². The SMILES string of the molecule is Fc1ccc(-c2cc(Cl)ncn2)cc1C(F)(F)F. The van der Waals surface area contributed by atoms with Crippen LogP contribution in [0.4, 0.5) is 17.6 Å². The van der Waals surface area contributed by atoms with E-state index in [4.69, 9.17) is 11.6 Å². The van der Waals surface area contributed by atoms with Crippen LogP contribution in [0.1, 0.15) is 5.56 Å². The second-order valence-electron chi connectivity index (χ2n) is 3.42. The number of benzene rings is 1. The van der Waals surface area contributed by atoms with E-state index in [0.717, 1.165) is 12.4 Å². The Hall–Kier alpha value is -1.69. The summed E-state index contributed by atoms with van der Waals surface area (Å²) in [6.07, 6.45) is -3.63. The number of hydrogen-bond acceptors (Lipinski definition) is 2. The molecule has 18 heavy (non-hydrogen) atoms. The molecule has 2 rings (SSSR count). The van der Waals surface area contributed by atoms with Gasteiger partial charge in [-0.25, -0.2) is 14.4 Å². The summed E-state index contributed by atoms with van der Waals surface area (Å²) in [7, 11) is 0. The average molecular weight is 277 g/mol. The van der Waals surface area contributed by atoms with Crippen molar-refractivity contribution >= 4 is 11.6 Å². The molecule has 0 saturated heterocycles. The number of hydrogen-bond donors (Lipinski definition) is 0. The number of aromatic nitrogens is 2. The fraction of sp³-hybridized carbons (Fsp3) is 0.0909. The number of halogens is 5. The summed E-state index contributed by atoms with van der Waals surface area (Å²) in [5, 5.41) is 0.0953. The highest BCUT2D eigenvalue weighted by Crippen LogP contribution is 2.33. The second kappa shape index (κ2) is 4.53. The number of rotatable bonds is 1. The molecule has 0 spiro atoms. The second-order valence-corrected chi connectivity index (χ2v) is 3.81. The molecule has 0 fully saturated rings. The minimum Gasteiger partial charge on any atom is -0.236 e. The number of alkyl halides is 3. The first kappa shape index (κ1) is 12.8. The van der Waals surface area contributed by atoms with Gasteiger partial charge in [0.05, 0.1) is 11.3 Å². The topological polar surface area (TPSA) is 25.8 Å². The van der Waals surface area contributed by atoms with Crippen molar-refractivity contribution in [3.63, 3.8) is 0 Å². The summed E-state index contributed by atoms with van der Waals surface area (Å²) in [5.41, 5.74) is -1.02.